The number of pyridine rings is 2. The zero-order valence-corrected chi connectivity index (χ0v) is 16.6. The molecule has 9 heteroatoms. The van der Waals surface area contributed by atoms with Gasteiger partial charge in [0.05, 0.1) is 22.5 Å². The van der Waals surface area contributed by atoms with Crippen LogP contribution in [0.3, 0.4) is 0 Å². The van der Waals surface area contributed by atoms with E-state index in [-0.39, 0.29) is 16.2 Å². The lowest BCUT2D eigenvalue weighted by molar-refractivity contribution is 0.102. The summed E-state index contributed by atoms with van der Waals surface area (Å²) in [6.07, 6.45) is 5.59. The van der Waals surface area contributed by atoms with Crippen LogP contribution in [0.1, 0.15) is 15.9 Å². The number of hydrogen-bond donors (Lipinski definition) is 1. The summed E-state index contributed by atoms with van der Waals surface area (Å²) in [4.78, 5) is 21.1. The molecular weight excluding hydrogens is 402 g/mol. The summed E-state index contributed by atoms with van der Waals surface area (Å²) >= 11 is 0. The molecule has 0 spiro atoms. The molecule has 0 aliphatic rings. The normalized spacial score (nSPS) is 11.2. The molecule has 1 aromatic carbocycles. The van der Waals surface area contributed by atoms with Crippen molar-refractivity contribution in [2.45, 2.75) is 5.03 Å². The molecule has 1 N–H and O–H groups in total. The van der Waals surface area contributed by atoms with E-state index in [1.54, 1.807) is 22.7 Å². The van der Waals surface area contributed by atoms with Crippen molar-refractivity contribution in [2.75, 3.05) is 11.6 Å². The molecule has 8 nitrogen and oxygen atoms in total. The molecule has 30 heavy (non-hydrogen) atoms. The number of rotatable bonds is 4. The molecule has 0 saturated carbocycles. The van der Waals surface area contributed by atoms with Gasteiger partial charge in [0.1, 0.15) is 11.7 Å². The van der Waals surface area contributed by atoms with E-state index < -0.39 is 15.7 Å². The van der Waals surface area contributed by atoms with Gasteiger partial charge in [0.2, 0.25) is 0 Å². The second-order valence-corrected chi connectivity index (χ2v) is 8.52. The zero-order chi connectivity index (χ0) is 21.3. The number of imidazole rings is 1. The monoisotopic (exact) mass is 417 g/mol. The number of hydrogen-bond acceptors (Lipinski definition) is 6. The van der Waals surface area contributed by atoms with Gasteiger partial charge in [-0.2, -0.15) is 5.26 Å². The van der Waals surface area contributed by atoms with E-state index in [1.807, 2.05) is 42.6 Å². The van der Waals surface area contributed by atoms with E-state index >= 15 is 0 Å². The van der Waals surface area contributed by atoms with Crippen molar-refractivity contribution in [1.82, 2.24) is 14.4 Å². The highest BCUT2D eigenvalue weighted by Crippen LogP contribution is 2.21. The Kier molecular flexibility index (Phi) is 4.77. The number of carbonyl (C=O) groups excluding carboxylic acids is 1. The molecule has 3 heterocycles. The van der Waals surface area contributed by atoms with Gasteiger partial charge in [-0.3, -0.25) is 4.79 Å². The molecule has 0 bridgehead atoms. The zero-order valence-electron chi connectivity index (χ0n) is 15.8. The molecule has 4 aromatic rings. The van der Waals surface area contributed by atoms with E-state index in [0.29, 0.717) is 11.3 Å². The summed E-state index contributed by atoms with van der Waals surface area (Å²) in [6.45, 7) is 0. The number of benzene rings is 1. The third-order valence-electron chi connectivity index (χ3n) is 4.35. The van der Waals surface area contributed by atoms with Crippen LogP contribution in [0, 0.1) is 11.3 Å². The molecule has 0 saturated heterocycles. The van der Waals surface area contributed by atoms with Gasteiger partial charge < -0.3 is 9.72 Å². The first-order valence-electron chi connectivity index (χ1n) is 8.81. The predicted molar refractivity (Wildman–Crippen MR) is 111 cm³/mol. The van der Waals surface area contributed by atoms with Crippen molar-refractivity contribution in [3.05, 3.63) is 78.2 Å². The molecule has 3 aromatic heterocycles. The van der Waals surface area contributed by atoms with Gasteiger partial charge in [0.15, 0.2) is 14.9 Å². The van der Waals surface area contributed by atoms with Crippen LogP contribution in [-0.2, 0) is 9.84 Å². The minimum Gasteiger partial charge on any atom is -0.321 e. The maximum Gasteiger partial charge on any atom is 0.258 e. The minimum absolute atomic E-state index is 0.0881. The first-order valence-corrected chi connectivity index (χ1v) is 10.7. The van der Waals surface area contributed by atoms with Gasteiger partial charge in [-0.15, -0.1) is 0 Å². The molecule has 148 valence electrons. The fraction of sp³-hybridized carbons (Fsp3) is 0.0476. The van der Waals surface area contributed by atoms with E-state index in [9.17, 15) is 13.2 Å². The quantitative estimate of drug-likeness (QED) is 0.546. The maximum absolute atomic E-state index is 12.8. The smallest absolute Gasteiger partial charge is 0.258 e. The van der Waals surface area contributed by atoms with Crippen LogP contribution in [0.15, 0.2) is 72.1 Å². The van der Waals surface area contributed by atoms with E-state index in [2.05, 4.69) is 15.3 Å². The maximum atomic E-state index is 12.8. The first kappa shape index (κ1) is 19.3. The van der Waals surface area contributed by atoms with Crippen LogP contribution in [0.25, 0.3) is 16.9 Å². The highest BCUT2D eigenvalue weighted by atomic mass is 32.2. The van der Waals surface area contributed by atoms with Gasteiger partial charge >= 0.3 is 0 Å². The Morgan fingerprint density at radius 2 is 1.90 bits per heavy atom. The van der Waals surface area contributed by atoms with Gasteiger partial charge in [-0.1, -0.05) is 30.3 Å². The molecule has 0 aliphatic carbocycles. The van der Waals surface area contributed by atoms with Crippen LogP contribution in [0.4, 0.5) is 5.69 Å². The molecular formula is C21H15N5O3S. The summed E-state index contributed by atoms with van der Waals surface area (Å²) in [7, 11) is -3.75. The van der Waals surface area contributed by atoms with Crippen molar-refractivity contribution in [2.24, 2.45) is 0 Å². The minimum atomic E-state index is -3.75. The Balaban J connectivity index is 1.68. The molecule has 1 amide bonds. The lowest BCUT2D eigenvalue weighted by Gasteiger charge is -2.09. The van der Waals surface area contributed by atoms with Crippen LogP contribution in [-0.4, -0.2) is 34.9 Å². The van der Waals surface area contributed by atoms with Crippen molar-refractivity contribution in [3.8, 4) is 17.3 Å². The number of nitriles is 1. The van der Waals surface area contributed by atoms with E-state index in [4.69, 9.17) is 5.26 Å². The van der Waals surface area contributed by atoms with Gasteiger partial charge in [0.25, 0.3) is 5.91 Å². The van der Waals surface area contributed by atoms with E-state index in [0.717, 1.165) is 23.7 Å². The number of anilines is 1. The molecule has 0 atom stereocenters. The third kappa shape index (κ3) is 3.76. The Morgan fingerprint density at radius 1 is 1.13 bits per heavy atom. The molecule has 0 radical (unpaired) electrons. The second kappa shape index (κ2) is 7.42. The topological polar surface area (TPSA) is 117 Å². The summed E-state index contributed by atoms with van der Waals surface area (Å²) in [5.41, 5.74) is 2.77. The van der Waals surface area contributed by atoms with Crippen molar-refractivity contribution >= 4 is 27.1 Å². The highest BCUT2D eigenvalue weighted by molar-refractivity contribution is 7.90. The average molecular weight is 417 g/mol. The number of aromatic nitrogens is 3. The van der Waals surface area contributed by atoms with Crippen LogP contribution in [0.2, 0.25) is 0 Å². The lowest BCUT2D eigenvalue weighted by Crippen LogP contribution is -2.18. The first-order chi connectivity index (χ1) is 14.3. The second-order valence-electron chi connectivity index (χ2n) is 6.59. The number of nitrogens with zero attached hydrogens (tertiary/aromatic N) is 4. The largest absolute Gasteiger partial charge is 0.321 e. The van der Waals surface area contributed by atoms with Crippen molar-refractivity contribution < 1.29 is 13.2 Å². The van der Waals surface area contributed by atoms with Crippen LogP contribution in [0.5, 0.6) is 0 Å². The standard InChI is InChI=1S/C21H15N5O3S/c1-30(28,29)21-17(9-14(10-22)11-23-21)20(27)24-16-7-8-19-25-18(13-26(19)12-16)15-5-3-2-4-6-15/h2-9,11-13H,1H3,(H,24,27). The number of carbonyl (C=O) groups is 1. The van der Waals surface area contributed by atoms with Crippen molar-refractivity contribution in [3.63, 3.8) is 0 Å². The average Bonchev–Trinajstić information content (AvgIpc) is 3.16. The van der Waals surface area contributed by atoms with Crippen molar-refractivity contribution in [1.29, 1.82) is 5.26 Å². The number of amides is 1. The Hall–Kier alpha value is -4.03. The van der Waals surface area contributed by atoms with E-state index in [1.165, 1.54) is 6.07 Å². The molecule has 0 aliphatic heterocycles. The fourth-order valence-electron chi connectivity index (χ4n) is 2.98. The summed E-state index contributed by atoms with van der Waals surface area (Å²) in [5.74, 6) is -0.678. The summed E-state index contributed by atoms with van der Waals surface area (Å²) in [6, 6.07) is 16.1. The highest BCUT2D eigenvalue weighted by Gasteiger charge is 2.21. The molecule has 0 unspecified atom stereocenters. The Morgan fingerprint density at radius 3 is 2.60 bits per heavy atom. The van der Waals surface area contributed by atoms with Crippen LogP contribution >= 0.6 is 0 Å². The van der Waals surface area contributed by atoms with Gasteiger partial charge in [-0.25, -0.2) is 18.4 Å². The van der Waals surface area contributed by atoms with Crippen LogP contribution < -0.4 is 5.32 Å². The van der Waals surface area contributed by atoms with Gasteiger partial charge in [0, 0.05) is 30.4 Å². The lowest BCUT2D eigenvalue weighted by atomic mass is 10.2. The molecule has 4 rings (SSSR count). The number of sulfone groups is 1. The predicted octanol–water partition coefficient (Wildman–Crippen LogP) is 2.92. The third-order valence-corrected chi connectivity index (χ3v) is 5.38. The Labute approximate surface area is 172 Å². The number of fused-ring (bicyclic) bond motifs is 1. The summed E-state index contributed by atoms with van der Waals surface area (Å²) < 4.78 is 25.7. The fourth-order valence-corrected chi connectivity index (χ4v) is 3.78. The Bertz CT molecular complexity index is 1420. The molecule has 0 fully saturated rings. The SMILES string of the molecule is CS(=O)(=O)c1ncc(C#N)cc1C(=O)Nc1ccc2nc(-c3ccccc3)cn2c1. The summed E-state index contributed by atoms with van der Waals surface area (Å²) in [5, 5.41) is 11.3. The van der Waals surface area contributed by atoms with Gasteiger partial charge in [-0.05, 0) is 18.2 Å². The number of nitrogens with one attached hydrogen (secondary N) is 1.